The molecule has 0 radical (unpaired) electrons. The van der Waals surface area contributed by atoms with Crippen LogP contribution in [0.4, 0.5) is 5.69 Å². The average Bonchev–Trinajstić information content (AvgIpc) is 2.99. The Hall–Kier alpha value is -4.66. The van der Waals surface area contributed by atoms with Crippen LogP contribution in [0.3, 0.4) is 0 Å². The minimum atomic E-state index is -1.03. The maximum absolute atomic E-state index is 13.5. The number of carboxylic acid groups (broad SMARTS) is 1. The summed E-state index contributed by atoms with van der Waals surface area (Å²) in [4.78, 5) is 40.1. The number of hydrazine groups is 1. The summed E-state index contributed by atoms with van der Waals surface area (Å²) in [5.41, 5.74) is 5.87. The van der Waals surface area contributed by atoms with Gasteiger partial charge in [-0.3, -0.25) is 24.8 Å². The largest absolute Gasteiger partial charge is 0.481 e. The Balaban J connectivity index is 1.64. The molecule has 0 fully saturated rings. The Kier molecular flexibility index (Phi) is 7.60. The average molecular weight is 486 g/mol. The highest BCUT2D eigenvalue weighted by atomic mass is 16.4. The fourth-order valence-electron chi connectivity index (χ4n) is 4.24. The van der Waals surface area contributed by atoms with Crippen LogP contribution in [0.15, 0.2) is 84.0 Å². The highest BCUT2D eigenvalue weighted by Gasteiger charge is 2.34. The summed E-state index contributed by atoms with van der Waals surface area (Å²) in [6.45, 7) is 0.554. The third-order valence-electron chi connectivity index (χ3n) is 6.02. The van der Waals surface area contributed by atoms with Crippen molar-refractivity contribution in [2.75, 3.05) is 18.1 Å². The number of carbonyl (C=O) groups excluding carboxylic acids is 2. The second-order valence-corrected chi connectivity index (χ2v) is 8.47. The molecule has 184 valence electrons. The van der Waals surface area contributed by atoms with Gasteiger partial charge in [0.15, 0.2) is 0 Å². The molecule has 1 heterocycles. The number of hydrazone groups is 1. The van der Waals surface area contributed by atoms with E-state index < -0.39 is 17.9 Å². The minimum absolute atomic E-state index is 0.138. The lowest BCUT2D eigenvalue weighted by Gasteiger charge is -2.33. The molecule has 9 heteroatoms. The van der Waals surface area contributed by atoms with Crippen LogP contribution in [0.25, 0.3) is 0 Å². The summed E-state index contributed by atoms with van der Waals surface area (Å²) in [7, 11) is 0. The summed E-state index contributed by atoms with van der Waals surface area (Å²) in [5, 5.41) is 14.6. The molecule has 4 N–H and O–H groups in total. The Morgan fingerprint density at radius 1 is 1.03 bits per heavy atom. The Bertz CT molecular complexity index is 1260. The molecule has 0 saturated heterocycles. The van der Waals surface area contributed by atoms with Gasteiger partial charge in [0.25, 0.3) is 11.8 Å². The van der Waals surface area contributed by atoms with Crippen LogP contribution in [-0.4, -0.2) is 53.1 Å². The van der Waals surface area contributed by atoms with Crippen LogP contribution in [0, 0.1) is 0 Å². The van der Waals surface area contributed by atoms with E-state index in [0.717, 1.165) is 11.1 Å². The highest BCUT2D eigenvalue weighted by Crippen LogP contribution is 2.28. The third-order valence-corrected chi connectivity index (χ3v) is 6.02. The smallest absolute Gasteiger partial charge is 0.305 e. The van der Waals surface area contributed by atoms with Gasteiger partial charge in [-0.05, 0) is 41.8 Å². The van der Waals surface area contributed by atoms with Crippen LogP contribution < -0.4 is 16.3 Å². The van der Waals surface area contributed by atoms with Crippen molar-refractivity contribution in [3.05, 3.63) is 101 Å². The number of hydrogen-bond donors (Lipinski definition) is 3. The Morgan fingerprint density at radius 2 is 1.72 bits per heavy atom. The van der Waals surface area contributed by atoms with Crippen molar-refractivity contribution in [2.45, 2.75) is 18.9 Å². The first-order chi connectivity index (χ1) is 17.5. The zero-order valence-electron chi connectivity index (χ0n) is 19.6. The van der Waals surface area contributed by atoms with Gasteiger partial charge in [-0.25, -0.2) is 0 Å². The maximum Gasteiger partial charge on any atom is 0.305 e. The highest BCUT2D eigenvalue weighted by molar-refractivity contribution is 6.02. The molecule has 0 saturated carbocycles. The van der Waals surface area contributed by atoms with Gasteiger partial charge < -0.3 is 15.8 Å². The van der Waals surface area contributed by atoms with Gasteiger partial charge >= 0.3 is 5.97 Å². The van der Waals surface area contributed by atoms with Crippen molar-refractivity contribution in [3.8, 4) is 0 Å². The van der Waals surface area contributed by atoms with E-state index in [1.54, 1.807) is 53.4 Å². The van der Waals surface area contributed by atoms with Gasteiger partial charge in [-0.2, -0.15) is 5.10 Å². The number of para-hydroxylation sites is 1. The fraction of sp³-hybridized carbons (Fsp3) is 0.185. The number of nitrogens with two attached hydrogens (primary N) is 1. The van der Waals surface area contributed by atoms with Crippen LogP contribution in [0.1, 0.15) is 38.3 Å². The van der Waals surface area contributed by atoms with Crippen LogP contribution >= 0.6 is 0 Å². The van der Waals surface area contributed by atoms with E-state index in [4.69, 9.17) is 5.84 Å². The van der Waals surface area contributed by atoms with Crippen molar-refractivity contribution in [1.29, 1.82) is 0 Å². The van der Waals surface area contributed by atoms with Crippen molar-refractivity contribution in [2.24, 2.45) is 10.9 Å². The lowest BCUT2D eigenvalue weighted by atomic mass is 10.1. The molecule has 0 aliphatic carbocycles. The standard InChI is InChI=1S/C27H27N5O4/c28-29-17-20-10-12-21(13-11-20)26(35)30-32-22(16-25(33)34)18-31(15-14-19-6-2-1-3-7-19)27(36)23-8-4-5-9-24(23)32/h1-13,17,22H,14-16,18,28H2,(H,30,35)(H,33,34). The zero-order chi connectivity index (χ0) is 25.5. The van der Waals surface area contributed by atoms with E-state index in [9.17, 15) is 19.5 Å². The second-order valence-electron chi connectivity index (χ2n) is 8.47. The minimum Gasteiger partial charge on any atom is -0.481 e. The number of anilines is 1. The molecule has 0 aromatic heterocycles. The van der Waals surface area contributed by atoms with Crippen molar-refractivity contribution in [3.63, 3.8) is 0 Å². The van der Waals surface area contributed by atoms with Gasteiger partial charge in [0.1, 0.15) is 0 Å². The summed E-state index contributed by atoms with van der Waals surface area (Å²) in [6.07, 6.45) is 1.82. The summed E-state index contributed by atoms with van der Waals surface area (Å²) in [5.74, 6) is 3.51. The second kappa shape index (κ2) is 11.2. The van der Waals surface area contributed by atoms with Crippen molar-refractivity contribution in [1.82, 2.24) is 10.3 Å². The topological polar surface area (TPSA) is 128 Å². The molecule has 1 unspecified atom stereocenters. The number of benzene rings is 3. The van der Waals surface area contributed by atoms with Gasteiger partial charge in [0.2, 0.25) is 0 Å². The van der Waals surface area contributed by atoms with Gasteiger partial charge in [-0.1, -0.05) is 54.6 Å². The molecule has 0 spiro atoms. The number of nitrogens with zero attached hydrogens (tertiary/aromatic N) is 3. The first kappa shape index (κ1) is 24.5. The monoisotopic (exact) mass is 485 g/mol. The lowest BCUT2D eigenvalue weighted by Crippen LogP contribution is -2.53. The molecule has 36 heavy (non-hydrogen) atoms. The Morgan fingerprint density at radius 3 is 2.42 bits per heavy atom. The number of carbonyl (C=O) groups is 3. The fourth-order valence-corrected chi connectivity index (χ4v) is 4.24. The lowest BCUT2D eigenvalue weighted by molar-refractivity contribution is -0.137. The molecule has 1 aliphatic rings. The van der Waals surface area contributed by atoms with E-state index in [1.807, 2.05) is 30.3 Å². The van der Waals surface area contributed by atoms with Gasteiger partial charge in [0, 0.05) is 18.7 Å². The summed E-state index contributed by atoms with van der Waals surface area (Å²) >= 11 is 0. The first-order valence-electron chi connectivity index (χ1n) is 11.5. The number of nitrogens with one attached hydrogen (secondary N) is 1. The maximum atomic E-state index is 13.5. The Labute approximate surface area is 208 Å². The van der Waals surface area contributed by atoms with Crippen molar-refractivity contribution < 1.29 is 19.5 Å². The third kappa shape index (κ3) is 5.69. The molecular weight excluding hydrogens is 458 g/mol. The van der Waals surface area contributed by atoms with E-state index in [0.29, 0.717) is 29.8 Å². The zero-order valence-corrected chi connectivity index (χ0v) is 19.6. The first-order valence-corrected chi connectivity index (χ1v) is 11.5. The SMILES string of the molecule is NN=Cc1ccc(C(=O)NN2c3ccccc3C(=O)N(CCc3ccccc3)CC2CC(=O)O)cc1. The van der Waals surface area contributed by atoms with Crippen molar-refractivity contribution >= 4 is 29.7 Å². The molecule has 3 aromatic rings. The van der Waals surface area contributed by atoms with Crippen LogP contribution in [0.5, 0.6) is 0 Å². The molecular formula is C27H27N5O4. The predicted octanol–water partition coefficient (Wildman–Crippen LogP) is 2.67. The van der Waals surface area contributed by atoms with Gasteiger partial charge in [-0.15, -0.1) is 0 Å². The predicted molar refractivity (Wildman–Crippen MR) is 137 cm³/mol. The van der Waals surface area contributed by atoms with E-state index in [-0.39, 0.29) is 18.9 Å². The van der Waals surface area contributed by atoms with E-state index in [1.165, 1.54) is 11.2 Å². The number of hydrogen-bond acceptors (Lipinski definition) is 6. The number of fused-ring (bicyclic) bond motifs is 1. The van der Waals surface area contributed by atoms with E-state index in [2.05, 4.69) is 10.5 Å². The van der Waals surface area contributed by atoms with E-state index >= 15 is 0 Å². The molecule has 1 aliphatic heterocycles. The summed E-state index contributed by atoms with van der Waals surface area (Å²) < 4.78 is 0. The quantitative estimate of drug-likeness (QED) is 0.256. The summed E-state index contributed by atoms with van der Waals surface area (Å²) in [6, 6.07) is 22.7. The molecule has 1 atom stereocenters. The van der Waals surface area contributed by atoms with Gasteiger partial charge in [0.05, 0.1) is 29.9 Å². The number of rotatable bonds is 8. The number of aliphatic carboxylic acids is 1. The molecule has 4 rings (SSSR count). The van der Waals surface area contributed by atoms with Crippen LogP contribution in [-0.2, 0) is 11.2 Å². The molecule has 0 bridgehead atoms. The molecule has 9 nitrogen and oxygen atoms in total. The number of carboxylic acids is 1. The number of amides is 2. The normalized spacial score (nSPS) is 15.4. The molecule has 3 aromatic carbocycles. The van der Waals surface area contributed by atoms with Crippen LogP contribution in [0.2, 0.25) is 0 Å². The molecule has 2 amide bonds.